The topological polar surface area (TPSA) is 57.3 Å². The van der Waals surface area contributed by atoms with Crippen LogP contribution in [0.25, 0.3) is 10.9 Å². The molecule has 6 heteroatoms. The van der Waals surface area contributed by atoms with Gasteiger partial charge < -0.3 is 4.90 Å². The maximum absolute atomic E-state index is 12.9. The van der Waals surface area contributed by atoms with Crippen molar-refractivity contribution in [1.82, 2.24) is 20.7 Å². The van der Waals surface area contributed by atoms with Crippen molar-refractivity contribution in [2.75, 3.05) is 7.05 Å². The molecule has 2 aromatic heterocycles. The summed E-state index contributed by atoms with van der Waals surface area (Å²) in [6.45, 7) is 2.68. The number of fused-ring (bicyclic) bond motifs is 1. The molecule has 2 N–H and O–H groups in total. The number of carbonyl (C=O) groups is 1. The van der Waals surface area contributed by atoms with E-state index >= 15 is 0 Å². The van der Waals surface area contributed by atoms with Gasteiger partial charge in [0.1, 0.15) is 6.04 Å². The number of hydrogen-bond acceptors (Lipinski definition) is 5. The molecule has 3 aromatic rings. The lowest BCUT2D eigenvalue weighted by Gasteiger charge is -2.21. The van der Waals surface area contributed by atoms with Crippen molar-refractivity contribution in [2.45, 2.75) is 32.0 Å². The van der Waals surface area contributed by atoms with Crippen LogP contribution in [0.3, 0.4) is 0 Å². The molecule has 26 heavy (non-hydrogen) atoms. The van der Waals surface area contributed by atoms with Crippen LogP contribution in [0.5, 0.6) is 0 Å². The van der Waals surface area contributed by atoms with Crippen molar-refractivity contribution < 1.29 is 4.79 Å². The van der Waals surface area contributed by atoms with Crippen LogP contribution in [0.1, 0.15) is 27.8 Å². The van der Waals surface area contributed by atoms with Gasteiger partial charge in [-0.25, -0.2) is 10.9 Å². The van der Waals surface area contributed by atoms with Crippen LogP contribution in [0, 0.1) is 6.92 Å². The molecule has 0 bridgehead atoms. The number of hydrazine groups is 1. The predicted molar refractivity (Wildman–Crippen MR) is 105 cm³/mol. The fourth-order valence-corrected chi connectivity index (χ4v) is 4.39. The Morgan fingerprint density at radius 3 is 2.92 bits per heavy atom. The Morgan fingerprint density at radius 2 is 2.12 bits per heavy atom. The Kier molecular flexibility index (Phi) is 4.72. The average Bonchev–Trinajstić information content (AvgIpc) is 3.30. The fourth-order valence-electron chi connectivity index (χ4n) is 3.45. The number of aryl methyl sites for hydroxylation is 1. The summed E-state index contributed by atoms with van der Waals surface area (Å²) in [6, 6.07) is 14.3. The average molecular weight is 366 g/mol. The number of benzene rings is 1. The van der Waals surface area contributed by atoms with Crippen LogP contribution in [0.4, 0.5) is 0 Å². The van der Waals surface area contributed by atoms with Crippen molar-refractivity contribution in [2.24, 2.45) is 0 Å². The molecule has 2 unspecified atom stereocenters. The number of nitrogens with zero attached hydrogens (tertiary/aromatic N) is 2. The van der Waals surface area contributed by atoms with Gasteiger partial charge >= 0.3 is 0 Å². The number of nitrogens with one attached hydrogen (secondary N) is 2. The number of aromatic nitrogens is 1. The van der Waals surface area contributed by atoms with E-state index in [0.29, 0.717) is 6.54 Å². The summed E-state index contributed by atoms with van der Waals surface area (Å²) in [7, 11) is 1.86. The van der Waals surface area contributed by atoms with Gasteiger partial charge in [-0.1, -0.05) is 18.2 Å². The number of rotatable bonds is 4. The second-order valence-corrected chi connectivity index (χ2v) is 8.08. The molecular formula is C20H22N4OS. The molecule has 134 valence electrons. The molecule has 1 aliphatic rings. The predicted octanol–water partition coefficient (Wildman–Crippen LogP) is 3.17. The molecule has 2 atom stereocenters. The van der Waals surface area contributed by atoms with Gasteiger partial charge in [0, 0.05) is 34.9 Å². The third kappa shape index (κ3) is 3.35. The van der Waals surface area contributed by atoms with Crippen LogP contribution < -0.4 is 10.9 Å². The molecule has 5 nitrogen and oxygen atoms in total. The molecule has 1 aliphatic heterocycles. The lowest BCUT2D eigenvalue weighted by molar-refractivity contribution is -0.132. The molecule has 1 amide bonds. The van der Waals surface area contributed by atoms with Gasteiger partial charge in [0.2, 0.25) is 5.91 Å². The highest BCUT2D eigenvalue weighted by Gasteiger charge is 2.32. The van der Waals surface area contributed by atoms with Crippen LogP contribution >= 0.6 is 11.3 Å². The zero-order valence-electron chi connectivity index (χ0n) is 14.9. The Balaban J connectivity index is 1.45. The molecule has 0 radical (unpaired) electrons. The van der Waals surface area contributed by atoms with Crippen LogP contribution in [0.2, 0.25) is 0 Å². The Hall–Kier alpha value is -2.28. The lowest BCUT2D eigenvalue weighted by atomic mass is 10.1. The highest BCUT2D eigenvalue weighted by atomic mass is 32.1. The molecule has 0 spiro atoms. The van der Waals surface area contributed by atoms with Crippen molar-refractivity contribution in [3.63, 3.8) is 0 Å². The largest absolute Gasteiger partial charge is 0.340 e. The zero-order valence-corrected chi connectivity index (χ0v) is 15.7. The van der Waals surface area contributed by atoms with E-state index < -0.39 is 0 Å². The van der Waals surface area contributed by atoms with E-state index in [1.54, 1.807) is 22.4 Å². The van der Waals surface area contributed by atoms with Gasteiger partial charge in [-0.3, -0.25) is 9.78 Å². The van der Waals surface area contributed by atoms with Crippen LogP contribution in [0.15, 0.2) is 48.7 Å². The zero-order chi connectivity index (χ0) is 18.1. The van der Waals surface area contributed by atoms with E-state index in [9.17, 15) is 4.79 Å². The van der Waals surface area contributed by atoms with Gasteiger partial charge in [0.05, 0.1) is 11.6 Å². The number of amides is 1. The second kappa shape index (κ2) is 7.15. The molecule has 0 saturated carbocycles. The molecule has 4 rings (SSSR count). The Labute approximate surface area is 157 Å². The van der Waals surface area contributed by atoms with Gasteiger partial charge in [0.25, 0.3) is 0 Å². The summed E-state index contributed by atoms with van der Waals surface area (Å²) < 4.78 is 0. The maximum Gasteiger partial charge on any atom is 0.241 e. The van der Waals surface area contributed by atoms with Crippen molar-refractivity contribution >= 4 is 28.1 Å². The van der Waals surface area contributed by atoms with E-state index in [0.717, 1.165) is 22.9 Å². The van der Waals surface area contributed by atoms with E-state index in [2.05, 4.69) is 47.0 Å². The van der Waals surface area contributed by atoms with E-state index in [-0.39, 0.29) is 18.0 Å². The van der Waals surface area contributed by atoms with E-state index in [1.165, 1.54) is 9.75 Å². The summed E-state index contributed by atoms with van der Waals surface area (Å²) in [4.78, 5) is 21.6. The third-order valence-electron chi connectivity index (χ3n) is 4.83. The molecule has 1 saturated heterocycles. The fraction of sp³-hybridized carbons (Fsp3) is 0.300. The van der Waals surface area contributed by atoms with E-state index in [4.69, 9.17) is 0 Å². The standard InChI is InChI=1S/C20H22N4OS/c1-13-8-9-19(26-13)17-11-18(23-22-17)20(25)24(2)12-14-5-3-7-16-15(14)6-4-10-21-16/h3-10,17-18,22-23H,11-12H2,1-2H3. The molecular weight excluding hydrogens is 344 g/mol. The highest BCUT2D eigenvalue weighted by molar-refractivity contribution is 7.12. The third-order valence-corrected chi connectivity index (χ3v) is 5.94. The minimum atomic E-state index is -0.208. The smallest absolute Gasteiger partial charge is 0.241 e. The summed E-state index contributed by atoms with van der Waals surface area (Å²) in [6.07, 6.45) is 2.56. The van der Waals surface area contributed by atoms with Crippen molar-refractivity contribution in [3.8, 4) is 0 Å². The Morgan fingerprint density at radius 1 is 1.23 bits per heavy atom. The summed E-state index contributed by atoms with van der Waals surface area (Å²) in [5.74, 6) is 0.106. The minimum Gasteiger partial charge on any atom is -0.340 e. The van der Waals surface area contributed by atoms with Crippen molar-refractivity contribution in [3.05, 3.63) is 64.0 Å². The van der Waals surface area contributed by atoms with E-state index in [1.807, 2.05) is 25.2 Å². The second-order valence-electron chi connectivity index (χ2n) is 6.76. The lowest BCUT2D eigenvalue weighted by Crippen LogP contribution is -2.43. The normalized spacial score (nSPS) is 19.8. The number of likely N-dealkylation sites (N-methyl/N-ethyl adjacent to an activating group) is 1. The SMILES string of the molecule is Cc1ccc(C2CC(C(=O)N(C)Cc3cccc4ncccc34)NN2)s1. The minimum absolute atomic E-state index is 0.106. The highest BCUT2D eigenvalue weighted by Crippen LogP contribution is 2.29. The molecule has 0 aliphatic carbocycles. The van der Waals surface area contributed by atoms with Crippen LogP contribution in [-0.4, -0.2) is 28.9 Å². The van der Waals surface area contributed by atoms with Gasteiger partial charge in [-0.2, -0.15) is 0 Å². The Bertz CT molecular complexity index is 933. The van der Waals surface area contributed by atoms with Gasteiger partial charge in [-0.05, 0) is 43.2 Å². The van der Waals surface area contributed by atoms with Crippen molar-refractivity contribution in [1.29, 1.82) is 0 Å². The first kappa shape index (κ1) is 17.1. The molecule has 3 heterocycles. The quantitative estimate of drug-likeness (QED) is 0.745. The first-order valence-electron chi connectivity index (χ1n) is 8.77. The van der Waals surface area contributed by atoms with Crippen LogP contribution in [-0.2, 0) is 11.3 Å². The number of carbonyl (C=O) groups excluding carboxylic acids is 1. The number of thiophene rings is 1. The van der Waals surface area contributed by atoms with Gasteiger partial charge in [-0.15, -0.1) is 11.3 Å². The molecule has 1 fully saturated rings. The first-order chi connectivity index (χ1) is 12.6. The summed E-state index contributed by atoms with van der Waals surface area (Å²) in [5, 5.41) is 1.10. The number of hydrogen-bond donors (Lipinski definition) is 2. The van der Waals surface area contributed by atoms with Gasteiger partial charge in [0.15, 0.2) is 0 Å². The maximum atomic E-state index is 12.9. The monoisotopic (exact) mass is 366 g/mol. The summed E-state index contributed by atoms with van der Waals surface area (Å²) in [5.41, 5.74) is 8.51. The summed E-state index contributed by atoms with van der Waals surface area (Å²) >= 11 is 1.78. The number of pyridine rings is 1. The molecule has 1 aromatic carbocycles. The first-order valence-corrected chi connectivity index (χ1v) is 9.58.